The fourth-order valence-electron chi connectivity index (χ4n) is 2.42. The molecular formula is C17H13BrO4. The van der Waals surface area contributed by atoms with E-state index in [0.29, 0.717) is 5.56 Å². The van der Waals surface area contributed by atoms with Gasteiger partial charge in [-0.1, -0.05) is 52.3 Å². The molecule has 2 aromatic carbocycles. The number of hydrogen-bond acceptors (Lipinski definition) is 4. The van der Waals surface area contributed by atoms with E-state index < -0.39 is 23.1 Å². The lowest BCUT2D eigenvalue weighted by Crippen LogP contribution is -2.25. The van der Waals surface area contributed by atoms with Gasteiger partial charge in [0.15, 0.2) is 11.4 Å². The van der Waals surface area contributed by atoms with Crippen LogP contribution in [0.2, 0.25) is 0 Å². The van der Waals surface area contributed by atoms with E-state index in [4.69, 9.17) is 4.74 Å². The van der Waals surface area contributed by atoms with E-state index in [-0.39, 0.29) is 0 Å². The van der Waals surface area contributed by atoms with Gasteiger partial charge in [-0.15, -0.1) is 0 Å². The lowest BCUT2D eigenvalue weighted by Gasteiger charge is -2.23. The Labute approximate surface area is 135 Å². The molecule has 112 valence electrons. The molecule has 0 aromatic heterocycles. The van der Waals surface area contributed by atoms with Crippen molar-refractivity contribution in [3.05, 3.63) is 70.1 Å². The summed E-state index contributed by atoms with van der Waals surface area (Å²) in [5.41, 5.74) is 1.28. The minimum absolute atomic E-state index is 0.464. The summed E-state index contributed by atoms with van der Waals surface area (Å²) in [7, 11) is 0. The molecule has 2 N–H and O–H groups in total. The summed E-state index contributed by atoms with van der Waals surface area (Å²) in [4.78, 5) is 11.4. The molecule has 0 spiro atoms. The van der Waals surface area contributed by atoms with Crippen LogP contribution < -0.4 is 0 Å². The summed E-state index contributed by atoms with van der Waals surface area (Å²) >= 11 is 3.39. The summed E-state index contributed by atoms with van der Waals surface area (Å²) in [5, 5.41) is 19.4. The Morgan fingerprint density at radius 3 is 1.91 bits per heavy atom. The number of cyclic esters (lactones) is 1. The highest BCUT2D eigenvalue weighted by atomic mass is 79.9. The first-order valence-electron chi connectivity index (χ1n) is 6.64. The minimum Gasteiger partial charge on any atom is -0.505 e. The summed E-state index contributed by atoms with van der Waals surface area (Å²) in [6, 6.07) is 15.2. The zero-order valence-corrected chi connectivity index (χ0v) is 13.3. The Balaban J connectivity index is 1.95. The monoisotopic (exact) mass is 360 g/mol. The molecule has 0 bridgehead atoms. The molecule has 22 heavy (non-hydrogen) atoms. The summed E-state index contributed by atoms with van der Waals surface area (Å²) in [6.07, 6.45) is 0. The second-order valence-electron chi connectivity index (χ2n) is 5.20. The highest BCUT2D eigenvalue weighted by molar-refractivity contribution is 9.10. The normalized spacial score (nSPS) is 21.1. The number of aliphatic hydroxyl groups is 2. The van der Waals surface area contributed by atoms with Crippen molar-refractivity contribution < 1.29 is 19.7 Å². The highest BCUT2D eigenvalue weighted by Crippen LogP contribution is 2.39. The van der Waals surface area contributed by atoms with Crippen LogP contribution in [0.15, 0.2) is 64.5 Å². The second kappa shape index (κ2) is 5.18. The van der Waals surface area contributed by atoms with E-state index in [1.54, 1.807) is 12.1 Å². The van der Waals surface area contributed by atoms with Crippen molar-refractivity contribution >= 4 is 21.9 Å². The third-order valence-electron chi connectivity index (χ3n) is 3.78. The molecular weight excluding hydrogens is 348 g/mol. The Kier molecular flexibility index (Phi) is 3.45. The number of rotatable bonds is 2. The molecule has 0 unspecified atom stereocenters. The maximum Gasteiger partial charge on any atom is 0.378 e. The van der Waals surface area contributed by atoms with Crippen molar-refractivity contribution in [2.75, 3.05) is 0 Å². The van der Waals surface area contributed by atoms with Crippen LogP contribution >= 0.6 is 15.9 Å². The van der Waals surface area contributed by atoms with Crippen LogP contribution in [-0.2, 0) is 15.1 Å². The number of carbonyl (C=O) groups excluding carboxylic acids is 1. The van der Waals surface area contributed by atoms with Gasteiger partial charge in [0.05, 0.1) is 0 Å². The van der Waals surface area contributed by atoms with E-state index in [0.717, 1.165) is 15.6 Å². The van der Waals surface area contributed by atoms with Gasteiger partial charge < -0.3 is 14.9 Å². The topological polar surface area (TPSA) is 66.8 Å². The number of benzene rings is 2. The van der Waals surface area contributed by atoms with Crippen LogP contribution in [0, 0.1) is 0 Å². The molecule has 0 saturated heterocycles. The number of halogens is 1. The van der Waals surface area contributed by atoms with Gasteiger partial charge in [0.25, 0.3) is 0 Å². The van der Waals surface area contributed by atoms with Gasteiger partial charge in [0, 0.05) is 10.0 Å². The van der Waals surface area contributed by atoms with E-state index in [1.165, 1.54) is 6.92 Å². The van der Waals surface area contributed by atoms with Gasteiger partial charge in [-0.2, -0.15) is 0 Å². The third kappa shape index (κ3) is 2.27. The fraction of sp³-hybridized carbons (Fsp3) is 0.118. The number of ether oxygens (including phenoxy) is 1. The van der Waals surface area contributed by atoms with Gasteiger partial charge in [-0.25, -0.2) is 4.79 Å². The van der Waals surface area contributed by atoms with E-state index in [9.17, 15) is 15.0 Å². The standard InChI is InChI=1S/C17H13BrO4/c1-17(15(20)14(19)16(21)22-17)12-6-2-10(3-7-12)11-4-8-13(18)9-5-11/h2-9,19-20H,1H3/t17-/m1/s1. The van der Waals surface area contributed by atoms with Gasteiger partial charge in [-0.05, 0) is 30.2 Å². The molecule has 1 atom stereocenters. The summed E-state index contributed by atoms with van der Waals surface area (Å²) in [5.74, 6) is -2.12. The highest BCUT2D eigenvalue weighted by Gasteiger charge is 2.46. The lowest BCUT2D eigenvalue weighted by molar-refractivity contribution is -0.149. The van der Waals surface area contributed by atoms with E-state index in [1.807, 2.05) is 36.4 Å². The molecule has 0 fully saturated rings. The van der Waals surface area contributed by atoms with Crippen molar-refractivity contribution in [2.45, 2.75) is 12.5 Å². The van der Waals surface area contributed by atoms with Crippen LogP contribution in [0.5, 0.6) is 0 Å². The Bertz CT molecular complexity index is 762. The molecule has 2 aromatic rings. The molecule has 0 amide bonds. The Morgan fingerprint density at radius 2 is 1.45 bits per heavy atom. The van der Waals surface area contributed by atoms with E-state index >= 15 is 0 Å². The van der Waals surface area contributed by atoms with Gasteiger partial charge in [0.1, 0.15) is 0 Å². The van der Waals surface area contributed by atoms with Crippen molar-refractivity contribution in [1.29, 1.82) is 0 Å². The molecule has 1 aliphatic rings. The quantitative estimate of drug-likeness (QED) is 0.787. The average molecular weight is 361 g/mol. The van der Waals surface area contributed by atoms with Crippen molar-refractivity contribution in [2.24, 2.45) is 0 Å². The lowest BCUT2D eigenvalue weighted by atomic mass is 9.92. The maximum absolute atomic E-state index is 11.4. The van der Waals surface area contributed by atoms with Crippen molar-refractivity contribution in [1.82, 2.24) is 0 Å². The Hall–Kier alpha value is -2.27. The number of esters is 1. The molecule has 3 rings (SSSR count). The second-order valence-corrected chi connectivity index (χ2v) is 6.12. The predicted octanol–water partition coefficient (Wildman–Crippen LogP) is 4.22. The molecule has 1 aliphatic heterocycles. The zero-order chi connectivity index (χ0) is 15.9. The van der Waals surface area contributed by atoms with Crippen molar-refractivity contribution in [3.63, 3.8) is 0 Å². The van der Waals surface area contributed by atoms with Crippen LogP contribution in [-0.4, -0.2) is 16.2 Å². The van der Waals surface area contributed by atoms with E-state index in [2.05, 4.69) is 15.9 Å². The van der Waals surface area contributed by atoms with Crippen LogP contribution in [0.3, 0.4) is 0 Å². The zero-order valence-electron chi connectivity index (χ0n) is 11.7. The first-order chi connectivity index (χ1) is 10.4. The van der Waals surface area contributed by atoms with Gasteiger partial charge in [0.2, 0.25) is 5.76 Å². The first kappa shape index (κ1) is 14.7. The SMILES string of the molecule is C[C@]1(c2ccc(-c3ccc(Br)cc3)cc2)OC(=O)C(O)=C1O. The number of aliphatic hydroxyl groups excluding tert-OH is 2. The van der Waals surface area contributed by atoms with Crippen LogP contribution in [0.4, 0.5) is 0 Å². The summed E-state index contributed by atoms with van der Waals surface area (Å²) < 4.78 is 6.11. The molecule has 0 aliphatic carbocycles. The van der Waals surface area contributed by atoms with Crippen LogP contribution in [0.25, 0.3) is 11.1 Å². The van der Waals surface area contributed by atoms with Gasteiger partial charge >= 0.3 is 5.97 Å². The fourth-order valence-corrected chi connectivity index (χ4v) is 2.69. The molecule has 0 radical (unpaired) electrons. The molecule has 1 heterocycles. The maximum atomic E-state index is 11.4. The first-order valence-corrected chi connectivity index (χ1v) is 7.43. The predicted molar refractivity (Wildman–Crippen MR) is 85.3 cm³/mol. The molecule has 0 saturated carbocycles. The molecule has 4 nitrogen and oxygen atoms in total. The molecule has 5 heteroatoms. The number of carbonyl (C=O) groups is 1. The average Bonchev–Trinajstić information content (AvgIpc) is 2.73. The summed E-state index contributed by atoms with van der Waals surface area (Å²) in [6.45, 7) is 1.54. The van der Waals surface area contributed by atoms with Crippen LogP contribution in [0.1, 0.15) is 12.5 Å². The smallest absolute Gasteiger partial charge is 0.378 e. The third-order valence-corrected chi connectivity index (χ3v) is 4.31. The largest absolute Gasteiger partial charge is 0.505 e. The van der Waals surface area contributed by atoms with Crippen molar-refractivity contribution in [3.8, 4) is 11.1 Å². The minimum atomic E-state index is -1.35. The Morgan fingerprint density at radius 1 is 0.955 bits per heavy atom. The number of hydrogen-bond donors (Lipinski definition) is 2. The van der Waals surface area contributed by atoms with Gasteiger partial charge in [-0.3, -0.25) is 0 Å².